The Labute approximate surface area is 187 Å². The molecule has 0 radical (unpaired) electrons. The van der Waals surface area contributed by atoms with Crippen LogP contribution < -0.4 is 21.5 Å². The molecule has 0 aromatic carbocycles. The van der Waals surface area contributed by atoms with Gasteiger partial charge in [-0.3, -0.25) is 15.6 Å². The van der Waals surface area contributed by atoms with Gasteiger partial charge in [-0.15, -0.1) is 11.3 Å². The number of nitrogens with zero attached hydrogens (tertiary/aromatic N) is 3. The van der Waals surface area contributed by atoms with Crippen molar-refractivity contribution in [2.24, 2.45) is 11.8 Å². The van der Waals surface area contributed by atoms with Crippen LogP contribution in [-0.4, -0.2) is 38.6 Å². The molecule has 0 aliphatic heterocycles. The molecule has 5 N–H and O–H groups in total. The van der Waals surface area contributed by atoms with Gasteiger partial charge in [0, 0.05) is 11.9 Å². The van der Waals surface area contributed by atoms with E-state index in [9.17, 15) is 14.0 Å². The van der Waals surface area contributed by atoms with E-state index in [1.165, 1.54) is 11.3 Å². The number of carboxylic acid groups (broad SMARTS) is 1. The van der Waals surface area contributed by atoms with Gasteiger partial charge in [0.05, 0.1) is 23.7 Å². The molecule has 1 fully saturated rings. The normalized spacial score (nSPS) is 14.8. The summed E-state index contributed by atoms with van der Waals surface area (Å²) in [5.74, 6) is -1.98. The molecule has 1 saturated carbocycles. The van der Waals surface area contributed by atoms with Gasteiger partial charge >= 0.3 is 6.09 Å². The summed E-state index contributed by atoms with van der Waals surface area (Å²) in [5.41, 5.74) is 7.22. The summed E-state index contributed by atoms with van der Waals surface area (Å²) in [7, 11) is 0. The second-order valence-corrected chi connectivity index (χ2v) is 8.28. The molecule has 2 amide bonds. The molecular weight excluding hydrogens is 449 g/mol. The number of hydrogen-bond acceptors (Lipinski definition) is 8. The van der Waals surface area contributed by atoms with Crippen molar-refractivity contribution in [1.82, 2.24) is 25.7 Å². The van der Waals surface area contributed by atoms with Crippen LogP contribution in [0, 0.1) is 17.7 Å². The number of hydrogen-bond donors (Lipinski definition) is 5. The Morgan fingerprint density at radius 2 is 2.03 bits per heavy atom. The Hall–Kier alpha value is -2.73. The smallest absolute Gasteiger partial charge is 0.404 e. The quantitative estimate of drug-likeness (QED) is 0.262. The third-order valence-electron chi connectivity index (χ3n) is 5.01. The topological polar surface area (TPSA) is 141 Å². The van der Waals surface area contributed by atoms with Gasteiger partial charge in [0.25, 0.3) is 0 Å². The maximum atomic E-state index is 14.7. The fourth-order valence-corrected chi connectivity index (χ4v) is 4.21. The van der Waals surface area contributed by atoms with Crippen molar-refractivity contribution >= 4 is 46.6 Å². The third-order valence-corrected chi connectivity index (χ3v) is 5.82. The highest BCUT2D eigenvalue weighted by Crippen LogP contribution is 2.30. The second-order valence-electron chi connectivity index (χ2n) is 7.22. The molecule has 0 bridgehead atoms. The predicted octanol–water partition coefficient (Wildman–Crippen LogP) is 3.24. The molecular formula is C18H23ClFN7O3S. The standard InChI is InChI=1S/C18H23ClFN7O3S/c19-17-24-14(21-7-12-8-31-9-23-12)13(20)15(25-17)26-27-16(28)11(6-22-18(29)30)5-10-3-1-2-4-10/h8-11,22H,1-7H2,(H,27,28)(H,29,30)(H2,21,24,25,26)/t11-/m1/s1. The Morgan fingerprint density at radius 3 is 2.71 bits per heavy atom. The van der Waals surface area contributed by atoms with Crippen LogP contribution in [-0.2, 0) is 11.3 Å². The first-order valence-electron chi connectivity index (χ1n) is 9.79. The fraction of sp³-hybridized carbons (Fsp3) is 0.500. The fourth-order valence-electron chi connectivity index (χ4n) is 3.48. The summed E-state index contributed by atoms with van der Waals surface area (Å²) in [6, 6.07) is 0. The zero-order valence-electron chi connectivity index (χ0n) is 16.5. The molecule has 3 rings (SSSR count). The minimum atomic E-state index is -1.21. The van der Waals surface area contributed by atoms with E-state index in [-0.39, 0.29) is 30.0 Å². The van der Waals surface area contributed by atoms with Gasteiger partial charge in [-0.2, -0.15) is 14.4 Å². The number of nitrogens with one attached hydrogen (secondary N) is 4. The van der Waals surface area contributed by atoms with Crippen LogP contribution in [0.3, 0.4) is 0 Å². The Kier molecular flexibility index (Phi) is 8.18. The van der Waals surface area contributed by atoms with E-state index in [2.05, 4.69) is 36.4 Å². The van der Waals surface area contributed by atoms with Crippen LogP contribution in [0.2, 0.25) is 5.28 Å². The number of hydrazine groups is 1. The lowest BCUT2D eigenvalue weighted by Crippen LogP contribution is -2.41. The van der Waals surface area contributed by atoms with Crippen LogP contribution in [0.15, 0.2) is 10.9 Å². The molecule has 10 nitrogen and oxygen atoms in total. The van der Waals surface area contributed by atoms with E-state index in [0.29, 0.717) is 18.0 Å². The summed E-state index contributed by atoms with van der Waals surface area (Å²) in [5, 5.41) is 15.5. The maximum absolute atomic E-state index is 14.7. The Morgan fingerprint density at radius 1 is 1.29 bits per heavy atom. The van der Waals surface area contributed by atoms with Gasteiger partial charge in [-0.05, 0) is 23.9 Å². The summed E-state index contributed by atoms with van der Waals surface area (Å²) < 4.78 is 14.7. The lowest BCUT2D eigenvalue weighted by Gasteiger charge is -2.20. The number of thiazole rings is 1. The first kappa shape index (κ1) is 22.9. The van der Waals surface area contributed by atoms with E-state index >= 15 is 0 Å². The molecule has 0 unspecified atom stereocenters. The molecule has 1 aliphatic rings. The Balaban J connectivity index is 1.62. The van der Waals surface area contributed by atoms with Gasteiger partial charge in [-0.1, -0.05) is 25.7 Å². The molecule has 1 atom stereocenters. The molecule has 0 spiro atoms. The predicted molar refractivity (Wildman–Crippen MR) is 114 cm³/mol. The summed E-state index contributed by atoms with van der Waals surface area (Å²) >= 11 is 7.30. The van der Waals surface area contributed by atoms with Crippen LogP contribution in [0.25, 0.3) is 0 Å². The maximum Gasteiger partial charge on any atom is 0.404 e. The van der Waals surface area contributed by atoms with Crippen molar-refractivity contribution in [3.05, 3.63) is 27.7 Å². The minimum Gasteiger partial charge on any atom is -0.465 e. The highest BCUT2D eigenvalue weighted by atomic mass is 35.5. The van der Waals surface area contributed by atoms with Crippen LogP contribution in [0.5, 0.6) is 0 Å². The average Bonchev–Trinajstić information content (AvgIpc) is 3.44. The lowest BCUT2D eigenvalue weighted by atomic mass is 9.92. The molecule has 2 aromatic rings. The van der Waals surface area contributed by atoms with Crippen molar-refractivity contribution in [3.8, 4) is 0 Å². The number of carbonyl (C=O) groups excluding carboxylic acids is 1. The van der Waals surface area contributed by atoms with Crippen molar-refractivity contribution in [2.45, 2.75) is 38.6 Å². The highest BCUT2D eigenvalue weighted by Gasteiger charge is 2.26. The highest BCUT2D eigenvalue weighted by molar-refractivity contribution is 7.07. The molecule has 2 aromatic heterocycles. The SMILES string of the molecule is O=C(O)NC[C@@H](CC1CCCC1)C(=O)NNc1nc(Cl)nc(NCc2cscn2)c1F. The minimum absolute atomic E-state index is 0.0349. The largest absolute Gasteiger partial charge is 0.465 e. The number of halogens is 2. The number of aromatic nitrogens is 3. The second kappa shape index (κ2) is 11.0. The summed E-state index contributed by atoms with van der Waals surface area (Å²) in [6.45, 7) is 0.205. The van der Waals surface area contributed by atoms with Crippen molar-refractivity contribution in [3.63, 3.8) is 0 Å². The van der Waals surface area contributed by atoms with Gasteiger partial charge in [0.2, 0.25) is 17.0 Å². The molecule has 2 heterocycles. The van der Waals surface area contributed by atoms with Crippen LogP contribution in [0.1, 0.15) is 37.8 Å². The van der Waals surface area contributed by atoms with Crippen molar-refractivity contribution < 1.29 is 19.1 Å². The number of amides is 2. The van der Waals surface area contributed by atoms with Gasteiger partial charge in [0.15, 0.2) is 11.6 Å². The third kappa shape index (κ3) is 6.89. The average molecular weight is 472 g/mol. The lowest BCUT2D eigenvalue weighted by molar-refractivity contribution is -0.124. The first-order chi connectivity index (χ1) is 14.9. The van der Waals surface area contributed by atoms with E-state index < -0.39 is 23.7 Å². The zero-order valence-corrected chi connectivity index (χ0v) is 18.1. The van der Waals surface area contributed by atoms with E-state index in [0.717, 1.165) is 25.7 Å². The van der Waals surface area contributed by atoms with Gasteiger partial charge in [-0.25, -0.2) is 9.78 Å². The van der Waals surface area contributed by atoms with E-state index in [1.807, 2.05) is 5.38 Å². The first-order valence-corrected chi connectivity index (χ1v) is 11.1. The van der Waals surface area contributed by atoms with E-state index in [1.54, 1.807) is 5.51 Å². The molecule has 31 heavy (non-hydrogen) atoms. The van der Waals surface area contributed by atoms with E-state index in [4.69, 9.17) is 16.7 Å². The van der Waals surface area contributed by atoms with Crippen molar-refractivity contribution in [1.29, 1.82) is 0 Å². The van der Waals surface area contributed by atoms with Gasteiger partial charge in [0.1, 0.15) is 0 Å². The Bertz CT molecular complexity index is 897. The van der Waals surface area contributed by atoms with Gasteiger partial charge < -0.3 is 15.7 Å². The molecule has 1 aliphatic carbocycles. The molecule has 168 valence electrons. The zero-order chi connectivity index (χ0) is 22.2. The summed E-state index contributed by atoms with van der Waals surface area (Å²) in [6.07, 6.45) is 3.56. The number of carbonyl (C=O) groups is 2. The summed E-state index contributed by atoms with van der Waals surface area (Å²) in [4.78, 5) is 35.2. The molecule has 13 heteroatoms. The molecule has 0 saturated heterocycles. The number of anilines is 2. The van der Waals surface area contributed by atoms with Crippen LogP contribution in [0.4, 0.5) is 20.8 Å². The van der Waals surface area contributed by atoms with Crippen LogP contribution >= 0.6 is 22.9 Å². The monoisotopic (exact) mass is 471 g/mol. The number of rotatable bonds is 10. The van der Waals surface area contributed by atoms with Crippen molar-refractivity contribution in [2.75, 3.05) is 17.3 Å².